The predicted octanol–water partition coefficient (Wildman–Crippen LogP) is 0.499. The summed E-state index contributed by atoms with van der Waals surface area (Å²) in [5.41, 5.74) is 0.499. The molecule has 2 N–H and O–H groups in total. The first-order chi connectivity index (χ1) is 8.97. The largest absolute Gasteiger partial charge is 0.480 e. The van der Waals surface area contributed by atoms with Gasteiger partial charge in [-0.3, -0.25) is 10.1 Å². The standard InChI is InChI=1S/C13H17FN2O3/c1-15-11(13(18)19)12(17)16(2)8-7-9-5-3-4-6-10(9)14/h3-6,11,15H,7-8H2,1-2H3,(H,18,19). The molecule has 1 atom stereocenters. The van der Waals surface area contributed by atoms with Crippen molar-refractivity contribution in [1.82, 2.24) is 10.2 Å². The van der Waals surface area contributed by atoms with Crippen LogP contribution in [-0.2, 0) is 16.0 Å². The second-order valence-corrected chi connectivity index (χ2v) is 4.16. The molecule has 0 aliphatic heterocycles. The molecule has 0 saturated carbocycles. The van der Waals surface area contributed by atoms with Crippen LogP contribution in [0.3, 0.4) is 0 Å². The lowest BCUT2D eigenvalue weighted by molar-refractivity contribution is -0.147. The van der Waals surface area contributed by atoms with Gasteiger partial charge in [0.1, 0.15) is 5.82 Å². The number of aliphatic carboxylic acids is 1. The van der Waals surface area contributed by atoms with Crippen molar-refractivity contribution in [3.05, 3.63) is 35.6 Å². The molecule has 5 nitrogen and oxygen atoms in total. The van der Waals surface area contributed by atoms with Crippen LogP contribution in [0.1, 0.15) is 5.56 Å². The van der Waals surface area contributed by atoms with Crippen LogP contribution in [0.5, 0.6) is 0 Å². The van der Waals surface area contributed by atoms with Crippen LogP contribution in [0.15, 0.2) is 24.3 Å². The van der Waals surface area contributed by atoms with Crippen LogP contribution >= 0.6 is 0 Å². The molecule has 104 valence electrons. The van der Waals surface area contributed by atoms with Crippen molar-refractivity contribution in [3.8, 4) is 0 Å². The SMILES string of the molecule is CNC(C(=O)O)C(=O)N(C)CCc1ccccc1F. The molecule has 1 amide bonds. The number of carbonyl (C=O) groups excluding carboxylic acids is 1. The molecule has 0 radical (unpaired) electrons. The Morgan fingerprint density at radius 3 is 2.58 bits per heavy atom. The summed E-state index contributed by atoms with van der Waals surface area (Å²) in [7, 11) is 2.90. The minimum atomic E-state index is -1.27. The Bertz CT molecular complexity index is 465. The van der Waals surface area contributed by atoms with Gasteiger partial charge in [0.25, 0.3) is 5.91 Å². The topological polar surface area (TPSA) is 69.6 Å². The van der Waals surface area contributed by atoms with Gasteiger partial charge in [-0.15, -0.1) is 0 Å². The molecule has 19 heavy (non-hydrogen) atoms. The van der Waals surface area contributed by atoms with Gasteiger partial charge >= 0.3 is 5.97 Å². The molecule has 1 aromatic rings. The van der Waals surface area contributed by atoms with Gasteiger partial charge in [-0.25, -0.2) is 9.18 Å². The highest BCUT2D eigenvalue weighted by Gasteiger charge is 2.26. The monoisotopic (exact) mass is 268 g/mol. The average molecular weight is 268 g/mol. The fourth-order valence-corrected chi connectivity index (χ4v) is 1.67. The summed E-state index contributed by atoms with van der Waals surface area (Å²) < 4.78 is 13.4. The minimum absolute atomic E-state index is 0.255. The Labute approximate surface area is 111 Å². The third-order valence-electron chi connectivity index (χ3n) is 2.83. The van der Waals surface area contributed by atoms with E-state index in [1.165, 1.54) is 25.1 Å². The van der Waals surface area contributed by atoms with Gasteiger partial charge in [-0.2, -0.15) is 0 Å². The summed E-state index contributed by atoms with van der Waals surface area (Å²) in [5, 5.41) is 11.3. The molecule has 1 unspecified atom stereocenters. The third-order valence-corrected chi connectivity index (χ3v) is 2.83. The number of carboxylic acid groups (broad SMARTS) is 1. The number of benzene rings is 1. The van der Waals surface area contributed by atoms with Crippen molar-refractivity contribution in [1.29, 1.82) is 0 Å². The van der Waals surface area contributed by atoms with Crippen LogP contribution in [-0.4, -0.2) is 48.6 Å². The molecule has 0 fully saturated rings. The van der Waals surface area contributed by atoms with Crippen molar-refractivity contribution in [2.75, 3.05) is 20.6 Å². The number of carbonyl (C=O) groups is 2. The minimum Gasteiger partial charge on any atom is -0.480 e. The lowest BCUT2D eigenvalue weighted by Gasteiger charge is -2.21. The number of nitrogens with zero attached hydrogens (tertiary/aromatic N) is 1. The Morgan fingerprint density at radius 1 is 1.42 bits per heavy atom. The molecule has 0 aliphatic carbocycles. The highest BCUT2D eigenvalue weighted by molar-refractivity contribution is 6.01. The number of amides is 1. The van der Waals surface area contributed by atoms with Crippen LogP contribution in [0.2, 0.25) is 0 Å². The molecule has 0 heterocycles. The number of rotatable bonds is 6. The molecular formula is C13H17FN2O3. The zero-order chi connectivity index (χ0) is 14.4. The summed E-state index contributed by atoms with van der Waals surface area (Å²) in [6, 6.07) is 5.03. The first kappa shape index (κ1) is 15.1. The van der Waals surface area contributed by atoms with Crippen LogP contribution in [0.4, 0.5) is 4.39 Å². The van der Waals surface area contributed by atoms with Gasteiger partial charge in [0.2, 0.25) is 0 Å². The van der Waals surface area contributed by atoms with Gasteiger partial charge in [0.15, 0.2) is 6.04 Å². The van der Waals surface area contributed by atoms with E-state index in [1.54, 1.807) is 18.2 Å². The summed E-state index contributed by atoms with van der Waals surface area (Å²) >= 11 is 0. The maximum Gasteiger partial charge on any atom is 0.330 e. The number of likely N-dealkylation sites (N-methyl/N-ethyl adjacent to an activating group) is 2. The molecule has 6 heteroatoms. The van der Waals surface area contributed by atoms with Crippen molar-refractivity contribution in [2.45, 2.75) is 12.5 Å². The fourth-order valence-electron chi connectivity index (χ4n) is 1.67. The van der Waals surface area contributed by atoms with E-state index in [0.717, 1.165) is 0 Å². The second-order valence-electron chi connectivity index (χ2n) is 4.16. The summed E-state index contributed by atoms with van der Waals surface area (Å²) in [6.07, 6.45) is 0.338. The number of hydrogen-bond donors (Lipinski definition) is 2. The molecule has 0 bridgehead atoms. The second kappa shape index (κ2) is 6.84. The summed E-state index contributed by atoms with van der Waals surface area (Å²) in [6.45, 7) is 0.255. The lowest BCUT2D eigenvalue weighted by Crippen LogP contribution is -2.48. The molecular weight excluding hydrogens is 251 g/mol. The summed E-state index contributed by atoms with van der Waals surface area (Å²) in [4.78, 5) is 23.9. The van der Waals surface area contributed by atoms with Crippen LogP contribution in [0, 0.1) is 5.82 Å². The Kier molecular flexibility index (Phi) is 5.44. The highest BCUT2D eigenvalue weighted by atomic mass is 19.1. The van der Waals surface area contributed by atoms with E-state index in [0.29, 0.717) is 12.0 Å². The van der Waals surface area contributed by atoms with Crippen LogP contribution in [0.25, 0.3) is 0 Å². The molecule has 0 aliphatic rings. The van der Waals surface area contributed by atoms with E-state index in [4.69, 9.17) is 5.11 Å². The normalized spacial score (nSPS) is 11.9. The van der Waals surface area contributed by atoms with E-state index < -0.39 is 17.9 Å². The lowest BCUT2D eigenvalue weighted by atomic mass is 10.1. The van der Waals surface area contributed by atoms with Gasteiger partial charge in [0, 0.05) is 13.6 Å². The van der Waals surface area contributed by atoms with Crippen molar-refractivity contribution in [3.63, 3.8) is 0 Å². The molecule has 0 aromatic heterocycles. The Hall–Kier alpha value is -1.95. The van der Waals surface area contributed by atoms with Gasteiger partial charge in [-0.1, -0.05) is 18.2 Å². The number of nitrogens with one attached hydrogen (secondary N) is 1. The zero-order valence-corrected chi connectivity index (χ0v) is 10.9. The van der Waals surface area contributed by atoms with Crippen molar-refractivity contribution < 1.29 is 19.1 Å². The number of carboxylic acids is 1. The van der Waals surface area contributed by atoms with E-state index in [9.17, 15) is 14.0 Å². The van der Waals surface area contributed by atoms with E-state index in [1.807, 2.05) is 0 Å². The van der Waals surface area contributed by atoms with E-state index in [2.05, 4.69) is 5.32 Å². The van der Waals surface area contributed by atoms with Gasteiger partial charge in [-0.05, 0) is 25.1 Å². The maximum atomic E-state index is 13.4. The number of hydrogen-bond acceptors (Lipinski definition) is 3. The average Bonchev–Trinajstić information content (AvgIpc) is 2.37. The molecule has 0 spiro atoms. The quantitative estimate of drug-likeness (QED) is 0.737. The Morgan fingerprint density at radius 2 is 2.05 bits per heavy atom. The first-order valence-electron chi connectivity index (χ1n) is 5.85. The smallest absolute Gasteiger partial charge is 0.330 e. The third kappa shape index (κ3) is 4.03. The van der Waals surface area contributed by atoms with Crippen LogP contribution < -0.4 is 5.32 Å². The van der Waals surface area contributed by atoms with E-state index in [-0.39, 0.29) is 12.4 Å². The van der Waals surface area contributed by atoms with Gasteiger partial charge in [0.05, 0.1) is 0 Å². The van der Waals surface area contributed by atoms with E-state index >= 15 is 0 Å². The Balaban J connectivity index is 2.60. The maximum absolute atomic E-state index is 13.4. The van der Waals surface area contributed by atoms with Gasteiger partial charge < -0.3 is 10.0 Å². The molecule has 0 saturated heterocycles. The zero-order valence-electron chi connectivity index (χ0n) is 10.9. The number of halogens is 1. The first-order valence-corrected chi connectivity index (χ1v) is 5.85. The fraction of sp³-hybridized carbons (Fsp3) is 0.385. The molecule has 1 rings (SSSR count). The van der Waals surface area contributed by atoms with Crippen molar-refractivity contribution in [2.24, 2.45) is 0 Å². The van der Waals surface area contributed by atoms with Crippen molar-refractivity contribution >= 4 is 11.9 Å². The summed E-state index contributed by atoms with van der Waals surface area (Å²) in [5.74, 6) is -2.11. The molecule has 1 aromatic carbocycles. The highest BCUT2D eigenvalue weighted by Crippen LogP contribution is 2.07. The predicted molar refractivity (Wildman–Crippen MR) is 68.2 cm³/mol.